The second-order valence-electron chi connectivity index (χ2n) is 3.80. The average molecular weight is 201 g/mol. The molecule has 1 amide bonds. The van der Waals surface area contributed by atoms with Crippen molar-refractivity contribution in [3.05, 3.63) is 0 Å². The number of ether oxygens (including phenoxy) is 2. The van der Waals surface area contributed by atoms with Gasteiger partial charge in [-0.15, -0.1) is 0 Å². The maximum absolute atomic E-state index is 11.2. The molecule has 82 valence electrons. The Labute approximate surface area is 85.0 Å². The van der Waals surface area contributed by atoms with Crippen molar-refractivity contribution in [2.45, 2.75) is 39.4 Å². The fourth-order valence-electron chi connectivity index (χ4n) is 1.25. The van der Waals surface area contributed by atoms with Crippen LogP contribution in [0.4, 0.5) is 0 Å². The Morgan fingerprint density at radius 1 is 1.57 bits per heavy atom. The zero-order chi connectivity index (χ0) is 10.4. The molecule has 0 saturated carbocycles. The summed E-state index contributed by atoms with van der Waals surface area (Å²) in [5.74, 6) is 0.0201. The van der Waals surface area contributed by atoms with Crippen LogP contribution in [0.3, 0.4) is 0 Å². The molecule has 4 nitrogen and oxygen atoms in total. The number of hydrogen-bond acceptors (Lipinski definition) is 3. The van der Waals surface area contributed by atoms with Crippen LogP contribution in [-0.2, 0) is 14.3 Å². The highest BCUT2D eigenvalue weighted by Gasteiger charge is 2.14. The maximum Gasteiger partial charge on any atom is 0.224 e. The van der Waals surface area contributed by atoms with Gasteiger partial charge in [0.15, 0.2) is 6.29 Å². The molecule has 1 rings (SSSR count). The molecule has 14 heavy (non-hydrogen) atoms. The summed E-state index contributed by atoms with van der Waals surface area (Å²) in [4.78, 5) is 11.2. The van der Waals surface area contributed by atoms with Crippen LogP contribution in [0.25, 0.3) is 0 Å². The van der Waals surface area contributed by atoms with Crippen LogP contribution in [0.5, 0.6) is 0 Å². The van der Waals surface area contributed by atoms with E-state index in [1.54, 1.807) is 0 Å². The van der Waals surface area contributed by atoms with Crippen molar-refractivity contribution in [3.63, 3.8) is 0 Å². The van der Waals surface area contributed by atoms with Crippen LogP contribution in [0.15, 0.2) is 0 Å². The van der Waals surface area contributed by atoms with E-state index in [-0.39, 0.29) is 24.8 Å². The molecule has 0 aliphatic carbocycles. The topological polar surface area (TPSA) is 47.6 Å². The molecule has 1 unspecified atom stereocenters. The molecule has 0 aromatic carbocycles. The minimum Gasteiger partial charge on any atom is -0.353 e. The monoisotopic (exact) mass is 201 g/mol. The Hall–Kier alpha value is -0.610. The molecule has 1 N–H and O–H groups in total. The highest BCUT2D eigenvalue weighted by atomic mass is 16.7. The van der Waals surface area contributed by atoms with Crippen molar-refractivity contribution in [3.8, 4) is 0 Å². The van der Waals surface area contributed by atoms with Gasteiger partial charge in [-0.1, -0.05) is 13.8 Å². The SMILES string of the molecule is CC(C)C(=O)NCOC1CCCCO1. The molecule has 1 fully saturated rings. The predicted octanol–water partition coefficient (Wildman–Crippen LogP) is 1.26. The minimum atomic E-state index is -0.129. The summed E-state index contributed by atoms with van der Waals surface area (Å²) in [5.41, 5.74) is 0. The van der Waals surface area contributed by atoms with Crippen molar-refractivity contribution in [2.24, 2.45) is 5.92 Å². The third-order valence-electron chi connectivity index (χ3n) is 2.18. The molecule has 1 aliphatic rings. The van der Waals surface area contributed by atoms with E-state index in [2.05, 4.69) is 5.32 Å². The van der Waals surface area contributed by atoms with Gasteiger partial charge in [0, 0.05) is 12.5 Å². The van der Waals surface area contributed by atoms with Crippen molar-refractivity contribution in [1.82, 2.24) is 5.32 Å². The van der Waals surface area contributed by atoms with Crippen LogP contribution >= 0.6 is 0 Å². The van der Waals surface area contributed by atoms with E-state index < -0.39 is 0 Å². The molecule has 0 aromatic heterocycles. The predicted molar refractivity (Wildman–Crippen MR) is 52.5 cm³/mol. The van der Waals surface area contributed by atoms with Gasteiger partial charge in [-0.3, -0.25) is 4.79 Å². The minimum absolute atomic E-state index is 0.00544. The summed E-state index contributed by atoms with van der Waals surface area (Å²) < 4.78 is 10.7. The van der Waals surface area contributed by atoms with Crippen LogP contribution in [0.2, 0.25) is 0 Å². The molecule has 1 saturated heterocycles. The Morgan fingerprint density at radius 2 is 2.36 bits per heavy atom. The lowest BCUT2D eigenvalue weighted by Crippen LogP contribution is -2.33. The van der Waals surface area contributed by atoms with Gasteiger partial charge in [-0.25, -0.2) is 0 Å². The Morgan fingerprint density at radius 3 is 2.93 bits per heavy atom. The third kappa shape index (κ3) is 4.07. The van der Waals surface area contributed by atoms with Gasteiger partial charge < -0.3 is 14.8 Å². The molecular weight excluding hydrogens is 182 g/mol. The highest BCUT2D eigenvalue weighted by molar-refractivity contribution is 5.77. The second kappa shape index (κ2) is 5.98. The van der Waals surface area contributed by atoms with Crippen molar-refractivity contribution in [2.75, 3.05) is 13.3 Å². The van der Waals surface area contributed by atoms with Gasteiger partial charge in [0.05, 0.1) is 0 Å². The number of carbonyl (C=O) groups is 1. The van der Waals surface area contributed by atoms with Gasteiger partial charge in [-0.05, 0) is 19.3 Å². The summed E-state index contributed by atoms with van der Waals surface area (Å²) in [6.07, 6.45) is 3.05. The molecule has 0 radical (unpaired) electrons. The number of amides is 1. The van der Waals surface area contributed by atoms with E-state index in [4.69, 9.17) is 9.47 Å². The molecular formula is C10H19NO3. The largest absolute Gasteiger partial charge is 0.353 e. The first-order valence-electron chi connectivity index (χ1n) is 5.21. The molecule has 0 aromatic rings. The molecule has 4 heteroatoms. The van der Waals surface area contributed by atoms with Crippen LogP contribution in [0, 0.1) is 5.92 Å². The first kappa shape index (κ1) is 11.5. The molecule has 1 heterocycles. The van der Waals surface area contributed by atoms with E-state index in [1.807, 2.05) is 13.8 Å². The van der Waals surface area contributed by atoms with Crippen LogP contribution in [0.1, 0.15) is 33.1 Å². The number of nitrogens with one attached hydrogen (secondary N) is 1. The summed E-state index contributed by atoms with van der Waals surface area (Å²) in [6, 6.07) is 0. The lowest BCUT2D eigenvalue weighted by atomic mass is 10.2. The van der Waals surface area contributed by atoms with E-state index >= 15 is 0 Å². The van der Waals surface area contributed by atoms with Gasteiger partial charge in [0.1, 0.15) is 6.73 Å². The van der Waals surface area contributed by atoms with E-state index in [0.717, 1.165) is 25.9 Å². The van der Waals surface area contributed by atoms with Crippen molar-refractivity contribution < 1.29 is 14.3 Å². The average Bonchev–Trinajstić information content (AvgIpc) is 2.19. The van der Waals surface area contributed by atoms with Crippen molar-refractivity contribution >= 4 is 5.91 Å². The van der Waals surface area contributed by atoms with Crippen LogP contribution in [-0.4, -0.2) is 25.5 Å². The first-order chi connectivity index (χ1) is 6.70. The quantitative estimate of drug-likeness (QED) is 0.696. The van der Waals surface area contributed by atoms with Crippen LogP contribution < -0.4 is 5.32 Å². The molecule has 1 atom stereocenters. The second-order valence-corrected chi connectivity index (χ2v) is 3.80. The van der Waals surface area contributed by atoms with E-state index in [0.29, 0.717) is 0 Å². The normalized spacial score (nSPS) is 22.4. The lowest BCUT2D eigenvalue weighted by Gasteiger charge is -2.22. The van der Waals surface area contributed by atoms with Gasteiger partial charge in [0.25, 0.3) is 0 Å². The number of hydrogen-bond donors (Lipinski definition) is 1. The summed E-state index contributed by atoms with van der Waals surface area (Å²) in [5, 5.41) is 2.69. The van der Waals surface area contributed by atoms with Gasteiger partial charge >= 0.3 is 0 Å². The fraction of sp³-hybridized carbons (Fsp3) is 0.900. The number of rotatable bonds is 4. The lowest BCUT2D eigenvalue weighted by molar-refractivity contribution is -0.168. The van der Waals surface area contributed by atoms with Gasteiger partial charge in [-0.2, -0.15) is 0 Å². The Bertz CT molecular complexity index is 176. The molecule has 0 bridgehead atoms. The smallest absolute Gasteiger partial charge is 0.224 e. The summed E-state index contributed by atoms with van der Waals surface area (Å²) in [6.45, 7) is 4.73. The first-order valence-corrected chi connectivity index (χ1v) is 5.21. The molecule has 0 spiro atoms. The Balaban J connectivity index is 2.05. The third-order valence-corrected chi connectivity index (χ3v) is 2.18. The number of carbonyl (C=O) groups excluding carboxylic acids is 1. The van der Waals surface area contributed by atoms with Crippen molar-refractivity contribution in [1.29, 1.82) is 0 Å². The fourth-order valence-corrected chi connectivity index (χ4v) is 1.25. The Kier molecular flexibility index (Phi) is 4.90. The van der Waals surface area contributed by atoms with Gasteiger partial charge in [0.2, 0.25) is 5.91 Å². The standard InChI is InChI=1S/C10H19NO3/c1-8(2)10(12)11-7-14-9-5-3-4-6-13-9/h8-9H,3-7H2,1-2H3,(H,11,12). The maximum atomic E-state index is 11.2. The highest BCUT2D eigenvalue weighted by Crippen LogP contribution is 2.12. The zero-order valence-electron chi connectivity index (χ0n) is 8.91. The molecule has 1 aliphatic heterocycles. The van der Waals surface area contributed by atoms with E-state index in [9.17, 15) is 4.79 Å². The zero-order valence-corrected chi connectivity index (χ0v) is 8.91. The summed E-state index contributed by atoms with van der Waals surface area (Å²) >= 11 is 0. The summed E-state index contributed by atoms with van der Waals surface area (Å²) in [7, 11) is 0. The van der Waals surface area contributed by atoms with E-state index in [1.165, 1.54) is 0 Å².